The lowest BCUT2D eigenvalue weighted by Gasteiger charge is -2.47. The van der Waals surface area contributed by atoms with Gasteiger partial charge in [0.1, 0.15) is 0 Å². The molecule has 27 heavy (non-hydrogen) atoms. The number of thioether (sulfide) groups is 1. The standard InChI is InChI=1S/C18H20N2O5S2/c1-18(2)11-6-5-7(12(11)26-14-13(18)27-17(25)19-14)10-9(6)15(23)20(16(10)24)4-3-8(21)22/h6-7,9-12H,3-5H2,1-2H3,(H,19,25)(H,21,22)/t6-,7+,9+,10+,11+,12-/m0/s1. The van der Waals surface area contributed by atoms with Gasteiger partial charge in [-0.05, 0) is 24.2 Å². The fraction of sp³-hybridized carbons (Fsp3) is 0.667. The van der Waals surface area contributed by atoms with E-state index in [2.05, 4.69) is 18.8 Å². The molecule has 2 N–H and O–H groups in total. The Labute approximate surface area is 163 Å². The fourth-order valence-corrected chi connectivity index (χ4v) is 9.30. The summed E-state index contributed by atoms with van der Waals surface area (Å²) in [6.45, 7) is 4.25. The Bertz CT molecular complexity index is 934. The van der Waals surface area contributed by atoms with E-state index in [4.69, 9.17) is 5.11 Å². The Morgan fingerprint density at radius 3 is 2.56 bits per heavy atom. The molecule has 2 aliphatic heterocycles. The number of thiazole rings is 1. The van der Waals surface area contributed by atoms with Crippen LogP contribution >= 0.6 is 23.1 Å². The van der Waals surface area contributed by atoms with Crippen molar-refractivity contribution < 1.29 is 19.5 Å². The van der Waals surface area contributed by atoms with Crippen molar-refractivity contribution in [1.82, 2.24) is 9.88 Å². The second-order valence-corrected chi connectivity index (χ2v) is 10.8. The summed E-state index contributed by atoms with van der Waals surface area (Å²) in [6, 6.07) is 0. The highest BCUT2D eigenvalue weighted by atomic mass is 32.2. The number of rotatable bonds is 3. The van der Waals surface area contributed by atoms with Crippen LogP contribution in [0, 0.1) is 29.6 Å². The third-order valence-corrected chi connectivity index (χ3v) is 9.84. The minimum atomic E-state index is -1.01. The largest absolute Gasteiger partial charge is 0.481 e. The number of carboxylic acids is 1. The molecular weight excluding hydrogens is 388 g/mol. The highest BCUT2D eigenvalue weighted by Crippen LogP contribution is 2.68. The van der Waals surface area contributed by atoms with Crippen LogP contribution in [-0.4, -0.2) is 44.6 Å². The summed E-state index contributed by atoms with van der Waals surface area (Å²) in [5.41, 5.74) is -0.225. The van der Waals surface area contributed by atoms with Crippen LogP contribution in [0.5, 0.6) is 0 Å². The minimum absolute atomic E-state index is 0.0357. The predicted molar refractivity (Wildman–Crippen MR) is 98.7 cm³/mol. The first-order valence-corrected chi connectivity index (χ1v) is 10.9. The molecule has 0 spiro atoms. The number of aromatic nitrogens is 1. The quantitative estimate of drug-likeness (QED) is 0.735. The van der Waals surface area contributed by atoms with E-state index < -0.39 is 5.97 Å². The molecule has 3 fully saturated rings. The van der Waals surface area contributed by atoms with Gasteiger partial charge >= 0.3 is 10.8 Å². The van der Waals surface area contributed by atoms with Crippen molar-refractivity contribution in [3.05, 3.63) is 14.5 Å². The number of nitrogens with one attached hydrogen (secondary N) is 1. The van der Waals surface area contributed by atoms with E-state index in [0.29, 0.717) is 0 Å². The number of H-pyrrole nitrogens is 1. The van der Waals surface area contributed by atoms with E-state index >= 15 is 0 Å². The van der Waals surface area contributed by atoms with E-state index in [1.807, 2.05) is 0 Å². The smallest absolute Gasteiger partial charge is 0.305 e. The molecule has 6 atom stereocenters. The number of hydrogen-bond donors (Lipinski definition) is 2. The summed E-state index contributed by atoms with van der Waals surface area (Å²) in [6.07, 6.45) is 0.655. The number of likely N-dealkylation sites (tertiary alicyclic amines) is 1. The number of carboxylic acid groups (broad SMARTS) is 1. The molecule has 2 aliphatic carbocycles. The van der Waals surface area contributed by atoms with Crippen LogP contribution in [0.15, 0.2) is 9.82 Å². The van der Waals surface area contributed by atoms with Crippen LogP contribution < -0.4 is 4.87 Å². The van der Waals surface area contributed by atoms with Gasteiger partial charge in [0.05, 0.1) is 23.3 Å². The topological polar surface area (TPSA) is 108 Å². The average Bonchev–Trinajstić information content (AvgIpc) is 3.28. The molecule has 4 aliphatic rings. The van der Waals surface area contributed by atoms with E-state index in [9.17, 15) is 19.2 Å². The van der Waals surface area contributed by atoms with Gasteiger partial charge < -0.3 is 10.1 Å². The van der Waals surface area contributed by atoms with Crippen molar-refractivity contribution in [3.63, 3.8) is 0 Å². The van der Waals surface area contributed by atoms with Crippen molar-refractivity contribution in [3.8, 4) is 0 Å². The summed E-state index contributed by atoms with van der Waals surface area (Å²) >= 11 is 2.92. The third-order valence-electron chi connectivity index (χ3n) is 7.03. The summed E-state index contributed by atoms with van der Waals surface area (Å²) in [4.78, 5) is 53.8. The Morgan fingerprint density at radius 2 is 1.89 bits per heavy atom. The van der Waals surface area contributed by atoms with Gasteiger partial charge in [0.25, 0.3) is 0 Å². The van der Waals surface area contributed by atoms with E-state index in [1.165, 1.54) is 16.2 Å². The number of hydrogen-bond acceptors (Lipinski definition) is 6. The normalized spacial score (nSPS) is 38.1. The zero-order valence-electron chi connectivity index (χ0n) is 14.9. The number of carbonyl (C=O) groups is 3. The van der Waals surface area contributed by atoms with Crippen LogP contribution in [0.4, 0.5) is 0 Å². The number of amides is 2. The molecule has 2 amide bonds. The van der Waals surface area contributed by atoms with Crippen LogP contribution in [0.3, 0.4) is 0 Å². The van der Waals surface area contributed by atoms with Gasteiger partial charge in [-0.15, -0.1) is 11.8 Å². The molecule has 0 radical (unpaired) electrons. The molecule has 0 unspecified atom stereocenters. The SMILES string of the molecule is CC1(C)c2sc(=O)[nH]c2S[C@H]2[C@@H]3C[C@@H]([C@H]4C(=O)N(CCC(=O)O)C(=O)[C@H]34)[C@H]21. The van der Waals surface area contributed by atoms with E-state index in [-0.39, 0.29) is 69.9 Å². The van der Waals surface area contributed by atoms with Gasteiger partial charge in [-0.25, -0.2) is 0 Å². The van der Waals surface area contributed by atoms with Crippen LogP contribution in [0.2, 0.25) is 0 Å². The van der Waals surface area contributed by atoms with Crippen LogP contribution in [-0.2, 0) is 19.8 Å². The van der Waals surface area contributed by atoms with Gasteiger partial charge in [0, 0.05) is 22.1 Å². The molecule has 9 heteroatoms. The number of imide groups is 1. The maximum Gasteiger partial charge on any atom is 0.305 e. The molecule has 0 aromatic carbocycles. The number of fused-ring (bicyclic) bond motifs is 9. The maximum absolute atomic E-state index is 13.0. The highest BCUT2D eigenvalue weighted by Gasteiger charge is 2.70. The van der Waals surface area contributed by atoms with Gasteiger partial charge in [-0.2, -0.15) is 0 Å². The lowest BCUT2D eigenvalue weighted by molar-refractivity contribution is -0.142. The zero-order chi connectivity index (χ0) is 19.2. The highest BCUT2D eigenvalue weighted by molar-refractivity contribution is 8.00. The van der Waals surface area contributed by atoms with Crippen molar-refractivity contribution >= 4 is 40.9 Å². The molecular formula is C18H20N2O5S2. The summed E-state index contributed by atoms with van der Waals surface area (Å²) in [5, 5.41) is 10.0. The van der Waals surface area contributed by atoms with E-state index in [1.54, 1.807) is 11.8 Å². The number of aromatic amines is 1. The summed E-state index contributed by atoms with van der Waals surface area (Å²) in [7, 11) is 0. The predicted octanol–water partition coefficient (Wildman–Crippen LogP) is 1.53. The summed E-state index contributed by atoms with van der Waals surface area (Å²) < 4.78 is 0. The van der Waals surface area contributed by atoms with Gasteiger partial charge in [-0.3, -0.25) is 24.1 Å². The molecule has 2 bridgehead atoms. The van der Waals surface area contributed by atoms with Crippen molar-refractivity contribution in [2.75, 3.05) is 6.54 Å². The zero-order valence-corrected chi connectivity index (χ0v) is 16.6. The average molecular weight is 409 g/mol. The van der Waals surface area contributed by atoms with Crippen molar-refractivity contribution in [1.29, 1.82) is 0 Å². The molecule has 1 aromatic heterocycles. The number of nitrogens with zero attached hydrogens (tertiary/aromatic N) is 1. The maximum atomic E-state index is 13.0. The number of aliphatic carboxylic acids is 1. The first-order valence-electron chi connectivity index (χ1n) is 9.19. The molecule has 144 valence electrons. The van der Waals surface area contributed by atoms with Crippen molar-refractivity contribution in [2.24, 2.45) is 29.6 Å². The molecule has 7 nitrogen and oxygen atoms in total. The molecule has 5 rings (SSSR count). The van der Waals surface area contributed by atoms with Crippen molar-refractivity contribution in [2.45, 2.75) is 42.4 Å². The first kappa shape index (κ1) is 17.5. The van der Waals surface area contributed by atoms with Crippen LogP contribution in [0.25, 0.3) is 0 Å². The molecule has 2 saturated carbocycles. The molecule has 3 heterocycles. The van der Waals surface area contributed by atoms with E-state index in [0.717, 1.165) is 16.3 Å². The Morgan fingerprint density at radius 1 is 1.22 bits per heavy atom. The second-order valence-electron chi connectivity index (χ2n) is 8.59. The lowest BCUT2D eigenvalue weighted by atomic mass is 9.64. The summed E-state index contributed by atoms with van der Waals surface area (Å²) in [5.74, 6) is -1.58. The Hall–Kier alpha value is -1.61. The first-order chi connectivity index (χ1) is 12.7. The molecule has 1 saturated heterocycles. The number of carbonyl (C=O) groups excluding carboxylic acids is 2. The second kappa shape index (κ2) is 5.47. The third kappa shape index (κ3) is 2.15. The van der Waals surface area contributed by atoms with Crippen LogP contribution in [0.1, 0.15) is 31.6 Å². The van der Waals surface area contributed by atoms with Gasteiger partial charge in [-0.1, -0.05) is 25.2 Å². The Kier molecular flexibility index (Phi) is 3.54. The van der Waals surface area contributed by atoms with Gasteiger partial charge in [0.15, 0.2) is 0 Å². The van der Waals surface area contributed by atoms with Gasteiger partial charge in [0.2, 0.25) is 11.8 Å². The minimum Gasteiger partial charge on any atom is -0.481 e. The Balaban J connectivity index is 1.51. The lowest BCUT2D eigenvalue weighted by Crippen LogP contribution is -2.48. The molecule has 1 aromatic rings. The fourth-order valence-electron chi connectivity index (χ4n) is 6.14. The monoisotopic (exact) mass is 408 g/mol.